The molecule has 0 unspecified atom stereocenters. The summed E-state index contributed by atoms with van der Waals surface area (Å²) in [6.07, 6.45) is 1.37. The summed E-state index contributed by atoms with van der Waals surface area (Å²) < 4.78 is 21.4. The quantitative estimate of drug-likeness (QED) is 0.590. The van der Waals surface area contributed by atoms with Gasteiger partial charge in [-0.15, -0.1) is 0 Å². The van der Waals surface area contributed by atoms with E-state index in [1.165, 1.54) is 19.5 Å². The van der Waals surface area contributed by atoms with Crippen LogP contribution in [0.3, 0.4) is 0 Å². The van der Waals surface area contributed by atoms with Gasteiger partial charge in [-0.05, 0) is 12.1 Å². The molecule has 0 atom stereocenters. The average molecular weight is 399 g/mol. The molecular weight excluding hydrogens is 378 g/mol. The summed E-state index contributed by atoms with van der Waals surface area (Å²) in [5.74, 6) is 1.45. The van der Waals surface area contributed by atoms with Crippen molar-refractivity contribution >= 4 is 22.7 Å². The third-order valence-corrected chi connectivity index (χ3v) is 4.44. The van der Waals surface area contributed by atoms with Gasteiger partial charge in [-0.1, -0.05) is 0 Å². The largest absolute Gasteiger partial charge is 0.496 e. The lowest BCUT2D eigenvalue weighted by atomic mass is 10.1. The highest BCUT2D eigenvalue weighted by atomic mass is 16.5. The molecule has 1 aromatic heterocycles. The van der Waals surface area contributed by atoms with E-state index < -0.39 is 5.97 Å². The standard InChI is InChI=1S/C20H21N3O6/c1-26-11-5-16(27-2)14(17(6-11)28-3)9-21-19-12-8-18(29-4)13(20(24)25)7-15(12)22-10-23-19/h5-8,10H,9H2,1-4H3,(H,24,25)(H,21,22,23). The Morgan fingerprint density at radius 1 is 0.931 bits per heavy atom. The van der Waals surface area contributed by atoms with Crippen molar-refractivity contribution in [3.8, 4) is 23.0 Å². The normalized spacial score (nSPS) is 10.5. The third kappa shape index (κ3) is 3.93. The van der Waals surface area contributed by atoms with E-state index in [0.29, 0.717) is 40.5 Å². The minimum atomic E-state index is -1.09. The Morgan fingerprint density at radius 2 is 1.59 bits per heavy atom. The maximum atomic E-state index is 11.4. The molecule has 2 N–H and O–H groups in total. The van der Waals surface area contributed by atoms with Crippen LogP contribution in [-0.4, -0.2) is 49.5 Å². The predicted octanol–water partition coefficient (Wildman–Crippen LogP) is 2.97. The van der Waals surface area contributed by atoms with Gasteiger partial charge in [0, 0.05) is 24.1 Å². The fourth-order valence-electron chi connectivity index (χ4n) is 2.98. The van der Waals surface area contributed by atoms with Gasteiger partial charge in [0.15, 0.2) is 0 Å². The molecule has 152 valence electrons. The first kappa shape index (κ1) is 20.0. The van der Waals surface area contributed by atoms with Crippen molar-refractivity contribution < 1.29 is 28.8 Å². The molecule has 0 spiro atoms. The zero-order chi connectivity index (χ0) is 21.0. The van der Waals surface area contributed by atoms with Gasteiger partial charge in [0.25, 0.3) is 0 Å². The Hall–Kier alpha value is -3.75. The lowest BCUT2D eigenvalue weighted by molar-refractivity contribution is 0.0693. The minimum Gasteiger partial charge on any atom is -0.496 e. The second kappa shape index (κ2) is 8.51. The Kier molecular flexibility index (Phi) is 5.87. The molecular formula is C20H21N3O6. The number of carbonyl (C=O) groups is 1. The van der Waals surface area contributed by atoms with Crippen LogP contribution in [0, 0.1) is 0 Å². The number of aromatic nitrogens is 2. The Balaban J connectivity index is 2.00. The number of ether oxygens (including phenoxy) is 4. The van der Waals surface area contributed by atoms with Crippen molar-refractivity contribution in [1.82, 2.24) is 9.97 Å². The molecule has 9 nitrogen and oxygen atoms in total. The fourth-order valence-corrected chi connectivity index (χ4v) is 2.98. The lowest BCUT2D eigenvalue weighted by Gasteiger charge is -2.16. The number of hydrogen-bond donors (Lipinski definition) is 2. The second-order valence-corrected chi connectivity index (χ2v) is 5.96. The maximum Gasteiger partial charge on any atom is 0.339 e. The van der Waals surface area contributed by atoms with Crippen molar-refractivity contribution in [2.24, 2.45) is 0 Å². The fraction of sp³-hybridized carbons (Fsp3) is 0.250. The van der Waals surface area contributed by atoms with E-state index in [9.17, 15) is 9.90 Å². The van der Waals surface area contributed by atoms with Crippen LogP contribution >= 0.6 is 0 Å². The number of benzene rings is 2. The topological polar surface area (TPSA) is 112 Å². The number of methoxy groups -OCH3 is 4. The molecule has 0 aliphatic carbocycles. The molecule has 0 aliphatic rings. The molecule has 29 heavy (non-hydrogen) atoms. The molecule has 0 saturated carbocycles. The molecule has 0 radical (unpaired) electrons. The van der Waals surface area contributed by atoms with Gasteiger partial charge in [0.1, 0.15) is 40.7 Å². The van der Waals surface area contributed by atoms with Crippen LogP contribution < -0.4 is 24.3 Å². The number of rotatable bonds is 8. The molecule has 0 saturated heterocycles. The number of carboxylic acids is 1. The first-order chi connectivity index (χ1) is 14.0. The van der Waals surface area contributed by atoms with Crippen LogP contribution in [-0.2, 0) is 6.54 Å². The smallest absolute Gasteiger partial charge is 0.339 e. The zero-order valence-electron chi connectivity index (χ0n) is 16.5. The Morgan fingerprint density at radius 3 is 2.14 bits per heavy atom. The minimum absolute atomic E-state index is 0.0307. The molecule has 2 aromatic carbocycles. The number of fused-ring (bicyclic) bond motifs is 1. The van der Waals surface area contributed by atoms with Gasteiger partial charge in [0.2, 0.25) is 0 Å². The Bertz CT molecular complexity index is 1030. The van der Waals surface area contributed by atoms with E-state index in [4.69, 9.17) is 18.9 Å². The van der Waals surface area contributed by atoms with E-state index in [-0.39, 0.29) is 11.3 Å². The third-order valence-electron chi connectivity index (χ3n) is 4.44. The molecule has 1 heterocycles. The van der Waals surface area contributed by atoms with E-state index in [1.807, 2.05) is 0 Å². The van der Waals surface area contributed by atoms with E-state index in [0.717, 1.165) is 5.56 Å². The second-order valence-electron chi connectivity index (χ2n) is 5.96. The van der Waals surface area contributed by atoms with Gasteiger partial charge in [-0.3, -0.25) is 0 Å². The predicted molar refractivity (Wildman–Crippen MR) is 106 cm³/mol. The molecule has 0 aliphatic heterocycles. The van der Waals surface area contributed by atoms with Gasteiger partial charge in [-0.2, -0.15) is 0 Å². The number of anilines is 1. The van der Waals surface area contributed by atoms with Crippen molar-refractivity contribution in [2.75, 3.05) is 33.8 Å². The van der Waals surface area contributed by atoms with Gasteiger partial charge in [0.05, 0.1) is 39.5 Å². The van der Waals surface area contributed by atoms with Gasteiger partial charge >= 0.3 is 5.97 Å². The maximum absolute atomic E-state index is 11.4. The number of carboxylic acid groups (broad SMARTS) is 1. The molecule has 0 fully saturated rings. The van der Waals surface area contributed by atoms with Crippen LogP contribution in [0.4, 0.5) is 5.82 Å². The molecule has 0 bridgehead atoms. The molecule has 9 heteroatoms. The monoisotopic (exact) mass is 399 g/mol. The zero-order valence-corrected chi connectivity index (χ0v) is 16.5. The summed E-state index contributed by atoms with van der Waals surface area (Å²) >= 11 is 0. The first-order valence-corrected chi connectivity index (χ1v) is 8.61. The lowest BCUT2D eigenvalue weighted by Crippen LogP contribution is -2.07. The average Bonchev–Trinajstić information content (AvgIpc) is 2.75. The SMILES string of the molecule is COc1cc(OC)c(CNc2ncnc3cc(C(=O)O)c(OC)cc23)c(OC)c1. The van der Waals surface area contributed by atoms with Gasteiger partial charge in [-0.25, -0.2) is 14.8 Å². The van der Waals surface area contributed by atoms with Gasteiger partial charge < -0.3 is 29.4 Å². The summed E-state index contributed by atoms with van der Waals surface area (Å²) in [4.78, 5) is 19.9. The van der Waals surface area contributed by atoms with E-state index in [2.05, 4.69) is 15.3 Å². The summed E-state index contributed by atoms with van der Waals surface area (Å²) in [6, 6.07) is 6.58. The summed E-state index contributed by atoms with van der Waals surface area (Å²) in [6.45, 7) is 0.339. The molecule has 0 amide bonds. The molecule has 3 rings (SSSR count). The highest BCUT2D eigenvalue weighted by molar-refractivity contribution is 5.99. The van der Waals surface area contributed by atoms with E-state index >= 15 is 0 Å². The first-order valence-electron chi connectivity index (χ1n) is 8.61. The number of nitrogens with one attached hydrogen (secondary N) is 1. The highest BCUT2D eigenvalue weighted by Gasteiger charge is 2.17. The summed E-state index contributed by atoms with van der Waals surface area (Å²) in [5.41, 5.74) is 1.29. The van der Waals surface area contributed by atoms with Crippen molar-refractivity contribution in [2.45, 2.75) is 6.54 Å². The van der Waals surface area contributed by atoms with Crippen LogP contribution in [0.25, 0.3) is 10.9 Å². The summed E-state index contributed by atoms with van der Waals surface area (Å²) in [7, 11) is 6.11. The van der Waals surface area contributed by atoms with Crippen molar-refractivity contribution in [3.63, 3.8) is 0 Å². The van der Waals surface area contributed by atoms with Crippen molar-refractivity contribution in [1.29, 1.82) is 0 Å². The van der Waals surface area contributed by atoms with Crippen molar-refractivity contribution in [3.05, 3.63) is 41.7 Å². The van der Waals surface area contributed by atoms with Crippen LogP contribution in [0.2, 0.25) is 0 Å². The highest BCUT2D eigenvalue weighted by Crippen LogP contribution is 2.35. The number of nitrogens with zero attached hydrogens (tertiary/aromatic N) is 2. The number of hydrogen-bond acceptors (Lipinski definition) is 8. The van der Waals surface area contributed by atoms with Crippen LogP contribution in [0.1, 0.15) is 15.9 Å². The number of aromatic carboxylic acids is 1. The molecule has 3 aromatic rings. The van der Waals surface area contributed by atoms with E-state index in [1.54, 1.807) is 39.5 Å². The Labute approximate surface area is 167 Å². The van der Waals surface area contributed by atoms with Crippen LogP contribution in [0.5, 0.6) is 23.0 Å². The summed E-state index contributed by atoms with van der Waals surface area (Å²) in [5, 5.41) is 13.2. The van der Waals surface area contributed by atoms with Crippen LogP contribution in [0.15, 0.2) is 30.6 Å².